The van der Waals surface area contributed by atoms with Crippen LogP contribution in [0.1, 0.15) is 16.8 Å². The van der Waals surface area contributed by atoms with Crippen LogP contribution in [-0.4, -0.2) is 21.2 Å². The summed E-state index contributed by atoms with van der Waals surface area (Å²) in [7, 11) is 0. The lowest BCUT2D eigenvalue weighted by atomic mass is 10.0. The fourth-order valence-electron chi connectivity index (χ4n) is 2.64. The number of rotatable bonds is 3. The summed E-state index contributed by atoms with van der Waals surface area (Å²) in [5.41, 5.74) is 3.67. The topological polar surface area (TPSA) is 40.5 Å². The summed E-state index contributed by atoms with van der Waals surface area (Å²) in [6.45, 7) is 0.564. The van der Waals surface area contributed by atoms with Gasteiger partial charge in [0.15, 0.2) is 5.50 Å². The second kappa shape index (κ2) is 7.07. The second-order valence-electron chi connectivity index (χ2n) is 5.56. The zero-order chi connectivity index (χ0) is 17.2. The number of anilines is 1. The zero-order valence-electron chi connectivity index (χ0n) is 13.1. The molecule has 0 radical (unpaired) electrons. The lowest BCUT2D eigenvalue weighted by Gasteiger charge is -2.24. The minimum Gasteiger partial charge on any atom is -0.347 e. The van der Waals surface area contributed by atoms with E-state index in [1.165, 1.54) is 0 Å². The van der Waals surface area contributed by atoms with Crippen LogP contribution in [0.15, 0.2) is 65.2 Å². The third-order valence-electron chi connectivity index (χ3n) is 3.86. The minimum absolute atomic E-state index is 0.246. The minimum atomic E-state index is -0.246. The predicted molar refractivity (Wildman–Crippen MR) is 108 cm³/mol. The highest BCUT2D eigenvalue weighted by atomic mass is 35.5. The van der Waals surface area contributed by atoms with Crippen LogP contribution in [0.4, 0.5) is 5.00 Å². The van der Waals surface area contributed by atoms with Crippen LogP contribution in [0.2, 0.25) is 5.02 Å². The maximum absolute atomic E-state index is 6.04. The van der Waals surface area contributed by atoms with E-state index < -0.39 is 0 Å². The number of hydrogen-bond donors (Lipinski definition) is 2. The number of nitrogens with zero attached hydrogens (tertiary/aromatic N) is 3. The van der Waals surface area contributed by atoms with Gasteiger partial charge in [0.1, 0.15) is 10.7 Å². The van der Waals surface area contributed by atoms with Gasteiger partial charge in [-0.2, -0.15) is 5.10 Å². The molecular formula is C18H15ClN4S2. The number of hydrogen-bond acceptors (Lipinski definition) is 6. The van der Waals surface area contributed by atoms with Crippen LogP contribution in [0.25, 0.3) is 0 Å². The average molecular weight is 387 g/mol. The molecule has 0 bridgehead atoms. The van der Waals surface area contributed by atoms with Gasteiger partial charge in [-0.3, -0.25) is 9.99 Å². The molecule has 0 spiro atoms. The SMILES string of the molecule is SC1Nc2sccc2C(c2ccc(Cl)cc2)=NN1Cc1ccccn1. The number of aromatic nitrogens is 1. The molecule has 0 amide bonds. The quantitative estimate of drug-likeness (QED) is 0.641. The summed E-state index contributed by atoms with van der Waals surface area (Å²) in [5.74, 6) is 0. The molecule has 1 unspecified atom stereocenters. The number of pyridine rings is 1. The summed E-state index contributed by atoms with van der Waals surface area (Å²) < 4.78 is 0. The van der Waals surface area contributed by atoms with Crippen LogP contribution >= 0.6 is 35.6 Å². The summed E-state index contributed by atoms with van der Waals surface area (Å²) in [6.07, 6.45) is 1.79. The Morgan fingerprint density at radius 3 is 2.76 bits per heavy atom. The number of halogens is 1. The van der Waals surface area contributed by atoms with Crippen LogP contribution in [0.3, 0.4) is 0 Å². The highest BCUT2D eigenvalue weighted by molar-refractivity contribution is 7.81. The summed E-state index contributed by atoms with van der Waals surface area (Å²) in [4.78, 5) is 4.40. The lowest BCUT2D eigenvalue weighted by Crippen LogP contribution is -2.32. The van der Waals surface area contributed by atoms with Gasteiger partial charge in [-0.1, -0.05) is 29.8 Å². The van der Waals surface area contributed by atoms with Gasteiger partial charge in [0.05, 0.1) is 12.2 Å². The number of hydrazone groups is 1. The van der Waals surface area contributed by atoms with E-state index in [0.29, 0.717) is 11.6 Å². The Balaban J connectivity index is 1.76. The Labute approximate surface area is 160 Å². The van der Waals surface area contributed by atoms with Gasteiger partial charge < -0.3 is 5.32 Å². The van der Waals surface area contributed by atoms with E-state index in [4.69, 9.17) is 29.3 Å². The number of fused-ring (bicyclic) bond motifs is 1. The van der Waals surface area contributed by atoms with Crippen LogP contribution in [0, 0.1) is 0 Å². The van der Waals surface area contributed by atoms with E-state index in [-0.39, 0.29) is 5.50 Å². The molecule has 0 aliphatic carbocycles. The first-order valence-electron chi connectivity index (χ1n) is 7.74. The molecule has 1 aliphatic heterocycles. The van der Waals surface area contributed by atoms with Crippen molar-refractivity contribution in [3.63, 3.8) is 0 Å². The summed E-state index contributed by atoms with van der Waals surface area (Å²) in [5, 5.41) is 14.0. The maximum Gasteiger partial charge on any atom is 0.162 e. The molecule has 1 aliphatic rings. The van der Waals surface area contributed by atoms with Gasteiger partial charge in [-0.05, 0) is 35.7 Å². The van der Waals surface area contributed by atoms with Crippen LogP contribution in [-0.2, 0) is 6.54 Å². The molecule has 1 atom stereocenters. The van der Waals surface area contributed by atoms with Crippen molar-refractivity contribution in [3.8, 4) is 0 Å². The molecule has 3 aromatic rings. The first-order chi connectivity index (χ1) is 12.2. The Kier molecular flexibility index (Phi) is 4.65. The monoisotopic (exact) mass is 386 g/mol. The molecule has 3 heterocycles. The standard InChI is InChI=1S/C18H15ClN4S2/c19-13-6-4-12(5-7-13)16-15-8-10-25-17(15)21-18(24)23(22-16)11-14-3-1-2-9-20-14/h1-10,18,21,24H,11H2. The molecule has 0 saturated heterocycles. The molecule has 25 heavy (non-hydrogen) atoms. The molecule has 0 fully saturated rings. The van der Waals surface area contributed by atoms with Crippen molar-refractivity contribution in [3.05, 3.63) is 82.0 Å². The van der Waals surface area contributed by atoms with Crippen molar-refractivity contribution in [1.82, 2.24) is 9.99 Å². The molecule has 2 aromatic heterocycles. The average Bonchev–Trinajstić information content (AvgIpc) is 3.03. The summed E-state index contributed by atoms with van der Waals surface area (Å²) >= 11 is 12.4. The number of nitrogens with one attached hydrogen (secondary N) is 1. The molecular weight excluding hydrogens is 372 g/mol. The van der Waals surface area contributed by atoms with Gasteiger partial charge in [-0.25, -0.2) is 0 Å². The number of thiol groups is 1. The van der Waals surface area contributed by atoms with Gasteiger partial charge >= 0.3 is 0 Å². The first kappa shape index (κ1) is 16.4. The normalized spacial score (nSPS) is 16.6. The Morgan fingerprint density at radius 1 is 1.16 bits per heavy atom. The van der Waals surface area contributed by atoms with Crippen molar-refractivity contribution in [2.75, 3.05) is 5.32 Å². The second-order valence-corrected chi connectivity index (χ2v) is 7.40. The van der Waals surface area contributed by atoms with Gasteiger partial charge in [0.2, 0.25) is 0 Å². The van der Waals surface area contributed by atoms with Crippen molar-refractivity contribution in [2.45, 2.75) is 12.0 Å². The van der Waals surface area contributed by atoms with Crippen LogP contribution in [0.5, 0.6) is 0 Å². The van der Waals surface area contributed by atoms with Crippen molar-refractivity contribution in [1.29, 1.82) is 0 Å². The van der Waals surface area contributed by atoms with Crippen molar-refractivity contribution >= 4 is 46.3 Å². The Hall–Kier alpha value is -2.02. The largest absolute Gasteiger partial charge is 0.347 e. The fourth-order valence-corrected chi connectivity index (χ4v) is 3.92. The van der Waals surface area contributed by atoms with E-state index in [9.17, 15) is 0 Å². The molecule has 7 heteroatoms. The van der Waals surface area contributed by atoms with E-state index in [2.05, 4.69) is 21.7 Å². The third kappa shape index (κ3) is 3.51. The van der Waals surface area contributed by atoms with E-state index in [1.54, 1.807) is 17.5 Å². The summed E-state index contributed by atoms with van der Waals surface area (Å²) in [6, 6.07) is 15.7. The predicted octanol–water partition coefficient (Wildman–Crippen LogP) is 4.69. The number of thiophene rings is 1. The van der Waals surface area contributed by atoms with Gasteiger partial charge in [-0.15, -0.1) is 24.0 Å². The third-order valence-corrected chi connectivity index (χ3v) is 5.35. The van der Waals surface area contributed by atoms with Gasteiger partial charge in [0.25, 0.3) is 0 Å². The first-order valence-corrected chi connectivity index (χ1v) is 9.52. The van der Waals surface area contributed by atoms with E-state index >= 15 is 0 Å². The van der Waals surface area contributed by atoms with E-state index in [0.717, 1.165) is 27.5 Å². The highest BCUT2D eigenvalue weighted by Crippen LogP contribution is 2.31. The maximum atomic E-state index is 6.04. The zero-order valence-corrected chi connectivity index (χ0v) is 15.6. The lowest BCUT2D eigenvalue weighted by molar-refractivity contribution is 0.278. The van der Waals surface area contributed by atoms with Gasteiger partial charge in [0, 0.05) is 22.3 Å². The molecule has 1 N–H and O–H groups in total. The van der Waals surface area contributed by atoms with Crippen molar-refractivity contribution < 1.29 is 0 Å². The fraction of sp³-hybridized carbons (Fsp3) is 0.111. The smallest absolute Gasteiger partial charge is 0.162 e. The molecule has 4 rings (SSSR count). The molecule has 0 saturated carbocycles. The Morgan fingerprint density at radius 2 is 2.00 bits per heavy atom. The van der Waals surface area contributed by atoms with Crippen LogP contribution < -0.4 is 5.32 Å². The Bertz CT molecular complexity index is 893. The van der Waals surface area contributed by atoms with Crippen molar-refractivity contribution in [2.24, 2.45) is 5.10 Å². The number of benzene rings is 1. The molecule has 126 valence electrons. The molecule has 4 nitrogen and oxygen atoms in total. The van der Waals surface area contributed by atoms with E-state index in [1.807, 2.05) is 47.5 Å². The molecule has 1 aromatic carbocycles. The highest BCUT2D eigenvalue weighted by Gasteiger charge is 2.24.